The van der Waals surface area contributed by atoms with Crippen LogP contribution < -0.4 is 5.32 Å². The average molecular weight is 285 g/mol. The number of hydrogen-bond donors (Lipinski definition) is 3. The molecule has 0 fully saturated rings. The smallest absolute Gasteiger partial charge is 0.337 e. The van der Waals surface area contributed by atoms with Crippen molar-refractivity contribution in [2.45, 2.75) is 19.1 Å². The summed E-state index contributed by atoms with van der Waals surface area (Å²) in [6.45, 7) is 1.01. The van der Waals surface area contributed by atoms with Gasteiger partial charge in [0.05, 0.1) is 12.7 Å². The van der Waals surface area contributed by atoms with Crippen LogP contribution in [0.5, 0.6) is 0 Å². The van der Waals surface area contributed by atoms with E-state index in [-0.39, 0.29) is 23.6 Å². The number of aliphatic hydroxyl groups is 2. The van der Waals surface area contributed by atoms with Crippen LogP contribution in [0, 0.1) is 5.82 Å². The molecular formula is C13H16FNO5. The Morgan fingerprint density at radius 3 is 2.60 bits per heavy atom. The molecule has 0 aliphatic heterocycles. The molecule has 0 radical (unpaired) electrons. The van der Waals surface area contributed by atoms with Crippen molar-refractivity contribution in [2.75, 3.05) is 13.7 Å². The third-order valence-corrected chi connectivity index (χ3v) is 2.66. The molecule has 1 aromatic rings. The van der Waals surface area contributed by atoms with E-state index in [1.54, 1.807) is 0 Å². The lowest BCUT2D eigenvalue weighted by Gasteiger charge is -2.19. The molecule has 110 valence electrons. The van der Waals surface area contributed by atoms with Gasteiger partial charge in [-0.15, -0.1) is 0 Å². The van der Waals surface area contributed by atoms with Crippen LogP contribution in [-0.2, 0) is 9.53 Å². The summed E-state index contributed by atoms with van der Waals surface area (Å²) in [5, 5.41) is 21.9. The predicted octanol–water partition coefficient (Wildman–Crippen LogP) is 0.143. The zero-order valence-electron chi connectivity index (χ0n) is 11.1. The van der Waals surface area contributed by atoms with E-state index in [0.717, 1.165) is 12.1 Å². The summed E-state index contributed by atoms with van der Waals surface area (Å²) in [5.41, 5.74) is -0.194. The van der Waals surface area contributed by atoms with Crippen LogP contribution in [0.4, 0.5) is 4.39 Å². The van der Waals surface area contributed by atoms with Gasteiger partial charge in [-0.05, 0) is 18.2 Å². The quantitative estimate of drug-likeness (QED) is 0.669. The monoisotopic (exact) mass is 285 g/mol. The SMILES string of the molecule is COC(=O)c1ccc(F)c(C(O)C(O)CNC(C)=O)c1. The lowest BCUT2D eigenvalue weighted by atomic mass is 10.0. The number of carbonyl (C=O) groups excluding carboxylic acids is 2. The zero-order chi connectivity index (χ0) is 15.3. The van der Waals surface area contributed by atoms with E-state index < -0.39 is 24.0 Å². The number of methoxy groups -OCH3 is 1. The number of carbonyl (C=O) groups is 2. The highest BCUT2D eigenvalue weighted by atomic mass is 19.1. The van der Waals surface area contributed by atoms with E-state index >= 15 is 0 Å². The fourth-order valence-corrected chi connectivity index (χ4v) is 1.58. The summed E-state index contributed by atoms with van der Waals surface area (Å²) in [4.78, 5) is 22.1. The van der Waals surface area contributed by atoms with Gasteiger partial charge in [-0.25, -0.2) is 9.18 Å². The number of amides is 1. The highest BCUT2D eigenvalue weighted by Gasteiger charge is 2.23. The summed E-state index contributed by atoms with van der Waals surface area (Å²) < 4.78 is 18.1. The molecule has 0 saturated heterocycles. The second-order valence-electron chi connectivity index (χ2n) is 4.18. The minimum absolute atomic E-state index is 0.0506. The van der Waals surface area contributed by atoms with Crippen LogP contribution in [0.15, 0.2) is 18.2 Å². The summed E-state index contributed by atoms with van der Waals surface area (Å²) in [6, 6.07) is 3.30. The number of nitrogens with one attached hydrogen (secondary N) is 1. The first-order valence-electron chi connectivity index (χ1n) is 5.85. The third-order valence-electron chi connectivity index (χ3n) is 2.66. The number of rotatable bonds is 5. The van der Waals surface area contributed by atoms with Gasteiger partial charge < -0.3 is 20.3 Å². The van der Waals surface area contributed by atoms with Crippen LogP contribution in [-0.4, -0.2) is 41.8 Å². The lowest BCUT2D eigenvalue weighted by molar-refractivity contribution is -0.119. The molecule has 2 unspecified atom stereocenters. The third kappa shape index (κ3) is 4.01. The molecular weight excluding hydrogens is 269 g/mol. The van der Waals surface area contributed by atoms with Crippen molar-refractivity contribution >= 4 is 11.9 Å². The molecule has 6 nitrogen and oxygen atoms in total. The first-order chi connectivity index (χ1) is 9.36. The Hall–Kier alpha value is -1.99. The van der Waals surface area contributed by atoms with Crippen molar-refractivity contribution in [3.8, 4) is 0 Å². The van der Waals surface area contributed by atoms with Crippen molar-refractivity contribution in [3.05, 3.63) is 35.1 Å². The molecule has 1 aromatic carbocycles. The molecule has 2 atom stereocenters. The van der Waals surface area contributed by atoms with Gasteiger partial charge in [0.15, 0.2) is 0 Å². The molecule has 0 aromatic heterocycles. The molecule has 1 amide bonds. The Labute approximate surface area is 115 Å². The molecule has 0 aliphatic carbocycles. The Morgan fingerprint density at radius 2 is 2.05 bits per heavy atom. The Morgan fingerprint density at radius 1 is 1.40 bits per heavy atom. The van der Waals surface area contributed by atoms with E-state index in [9.17, 15) is 24.2 Å². The molecule has 0 spiro atoms. The standard InChI is InChI=1S/C13H16FNO5/c1-7(16)15-6-11(17)12(18)9-5-8(13(19)20-2)3-4-10(9)14/h3-5,11-12,17-18H,6H2,1-2H3,(H,15,16). The largest absolute Gasteiger partial charge is 0.465 e. The Kier molecular flexibility index (Phi) is 5.60. The van der Waals surface area contributed by atoms with Gasteiger partial charge in [0.25, 0.3) is 0 Å². The second-order valence-corrected chi connectivity index (χ2v) is 4.18. The highest BCUT2D eigenvalue weighted by molar-refractivity contribution is 5.89. The fraction of sp³-hybridized carbons (Fsp3) is 0.385. The maximum Gasteiger partial charge on any atom is 0.337 e. The number of halogens is 1. The molecule has 0 saturated carbocycles. The molecule has 0 heterocycles. The Balaban J connectivity index is 2.93. The second kappa shape index (κ2) is 6.97. The number of aliphatic hydroxyl groups excluding tert-OH is 2. The van der Waals surface area contributed by atoms with E-state index in [0.29, 0.717) is 0 Å². The number of ether oxygens (including phenoxy) is 1. The first kappa shape index (κ1) is 16.1. The summed E-state index contributed by atoms with van der Waals surface area (Å²) >= 11 is 0. The van der Waals surface area contributed by atoms with Crippen molar-refractivity contribution < 1.29 is 28.9 Å². The van der Waals surface area contributed by atoms with Gasteiger partial charge >= 0.3 is 5.97 Å². The molecule has 1 rings (SSSR count). The van der Waals surface area contributed by atoms with E-state index in [2.05, 4.69) is 10.1 Å². The van der Waals surface area contributed by atoms with Gasteiger partial charge in [-0.2, -0.15) is 0 Å². The van der Waals surface area contributed by atoms with Gasteiger partial charge in [-0.3, -0.25) is 4.79 Å². The summed E-state index contributed by atoms with van der Waals surface area (Å²) in [6.07, 6.45) is -2.98. The van der Waals surface area contributed by atoms with Crippen molar-refractivity contribution in [3.63, 3.8) is 0 Å². The van der Waals surface area contributed by atoms with Gasteiger partial charge in [0.1, 0.15) is 18.0 Å². The number of benzene rings is 1. The molecule has 3 N–H and O–H groups in total. The van der Waals surface area contributed by atoms with Crippen LogP contribution >= 0.6 is 0 Å². The van der Waals surface area contributed by atoms with Crippen molar-refractivity contribution in [1.82, 2.24) is 5.32 Å². The van der Waals surface area contributed by atoms with Crippen LogP contribution in [0.25, 0.3) is 0 Å². The molecule has 0 bridgehead atoms. The van der Waals surface area contributed by atoms with Crippen LogP contribution in [0.3, 0.4) is 0 Å². The predicted molar refractivity (Wildman–Crippen MR) is 67.4 cm³/mol. The van der Waals surface area contributed by atoms with Gasteiger partial charge in [-0.1, -0.05) is 0 Å². The van der Waals surface area contributed by atoms with E-state index in [1.165, 1.54) is 20.1 Å². The van der Waals surface area contributed by atoms with Crippen molar-refractivity contribution in [2.24, 2.45) is 0 Å². The number of hydrogen-bond acceptors (Lipinski definition) is 5. The van der Waals surface area contributed by atoms with Crippen LogP contribution in [0.2, 0.25) is 0 Å². The highest BCUT2D eigenvalue weighted by Crippen LogP contribution is 2.22. The minimum Gasteiger partial charge on any atom is -0.465 e. The number of esters is 1. The normalized spacial score (nSPS) is 13.4. The maximum atomic E-state index is 13.6. The van der Waals surface area contributed by atoms with E-state index in [1.807, 2.05) is 0 Å². The maximum absolute atomic E-state index is 13.6. The molecule has 20 heavy (non-hydrogen) atoms. The van der Waals surface area contributed by atoms with Gasteiger partial charge in [0.2, 0.25) is 5.91 Å². The lowest BCUT2D eigenvalue weighted by Crippen LogP contribution is -2.34. The molecule has 7 heteroatoms. The van der Waals surface area contributed by atoms with Gasteiger partial charge in [0, 0.05) is 19.0 Å². The van der Waals surface area contributed by atoms with Crippen LogP contribution in [0.1, 0.15) is 28.9 Å². The summed E-state index contributed by atoms with van der Waals surface area (Å²) in [5.74, 6) is -1.85. The average Bonchev–Trinajstić information content (AvgIpc) is 2.43. The Bertz CT molecular complexity index is 506. The van der Waals surface area contributed by atoms with Crippen molar-refractivity contribution in [1.29, 1.82) is 0 Å². The first-order valence-corrected chi connectivity index (χ1v) is 5.85. The minimum atomic E-state index is -1.58. The fourth-order valence-electron chi connectivity index (χ4n) is 1.58. The zero-order valence-corrected chi connectivity index (χ0v) is 11.1. The topological polar surface area (TPSA) is 95.9 Å². The molecule has 0 aliphatic rings. The van der Waals surface area contributed by atoms with E-state index in [4.69, 9.17) is 0 Å². The summed E-state index contributed by atoms with van der Waals surface area (Å²) in [7, 11) is 1.17.